The summed E-state index contributed by atoms with van der Waals surface area (Å²) >= 11 is 0. The molecule has 90 valence electrons. The molecule has 0 aliphatic rings. The monoisotopic (exact) mass is 233 g/mol. The Balaban J connectivity index is 2.88. The fraction of sp³-hybridized carbons (Fsp3) is 0.333. The Morgan fingerprint density at radius 1 is 1.65 bits per heavy atom. The fourth-order valence-corrected chi connectivity index (χ4v) is 1.35. The van der Waals surface area contributed by atoms with E-state index in [0.717, 1.165) is 5.56 Å². The topological polar surface area (TPSA) is 88.1 Å². The molecule has 3 N–H and O–H groups in total. The molecule has 0 saturated heterocycles. The highest BCUT2D eigenvalue weighted by Crippen LogP contribution is 2.16. The standard InChI is InChI=1S/C12H15N3O2/c1-8-3-4-9(6-13)5-10(8)15-12(16)11(7-14)17-2/h3-5,11H,7,14H2,1-2H3,(H,15,16). The van der Waals surface area contributed by atoms with Crippen molar-refractivity contribution in [3.63, 3.8) is 0 Å². The number of ether oxygens (including phenoxy) is 1. The van der Waals surface area contributed by atoms with Crippen LogP contribution in [0, 0.1) is 18.3 Å². The number of aryl methyl sites for hydroxylation is 1. The van der Waals surface area contributed by atoms with Crippen molar-refractivity contribution in [2.45, 2.75) is 13.0 Å². The van der Waals surface area contributed by atoms with Crippen molar-refractivity contribution in [1.29, 1.82) is 5.26 Å². The number of amides is 1. The number of anilines is 1. The third kappa shape index (κ3) is 3.28. The Morgan fingerprint density at radius 3 is 2.88 bits per heavy atom. The molecule has 0 radical (unpaired) electrons. The lowest BCUT2D eigenvalue weighted by Crippen LogP contribution is -2.36. The first-order valence-electron chi connectivity index (χ1n) is 5.16. The van der Waals surface area contributed by atoms with Gasteiger partial charge in [-0.3, -0.25) is 4.79 Å². The summed E-state index contributed by atoms with van der Waals surface area (Å²) in [6.45, 7) is 1.96. The van der Waals surface area contributed by atoms with Crippen molar-refractivity contribution in [2.75, 3.05) is 19.0 Å². The Morgan fingerprint density at radius 2 is 2.35 bits per heavy atom. The molecule has 0 aliphatic heterocycles. The highest BCUT2D eigenvalue weighted by atomic mass is 16.5. The molecule has 0 aromatic heterocycles. The summed E-state index contributed by atoms with van der Waals surface area (Å²) in [4.78, 5) is 11.7. The van der Waals surface area contributed by atoms with Crippen LogP contribution in [0.5, 0.6) is 0 Å². The molecule has 1 atom stereocenters. The van der Waals surface area contributed by atoms with Crippen LogP contribution < -0.4 is 11.1 Å². The summed E-state index contributed by atoms with van der Waals surface area (Å²) in [5.74, 6) is -0.312. The molecule has 1 amide bonds. The van der Waals surface area contributed by atoms with Gasteiger partial charge in [-0.15, -0.1) is 0 Å². The molecule has 5 heteroatoms. The maximum Gasteiger partial charge on any atom is 0.254 e. The van der Waals surface area contributed by atoms with Crippen LogP contribution in [0.3, 0.4) is 0 Å². The molecule has 1 aromatic rings. The molecule has 1 aromatic carbocycles. The number of nitrogens with two attached hydrogens (primary N) is 1. The van der Waals surface area contributed by atoms with Gasteiger partial charge in [0.2, 0.25) is 0 Å². The molecular weight excluding hydrogens is 218 g/mol. The van der Waals surface area contributed by atoms with Gasteiger partial charge in [0.1, 0.15) is 6.10 Å². The number of nitriles is 1. The number of methoxy groups -OCH3 is 1. The smallest absolute Gasteiger partial charge is 0.254 e. The zero-order valence-corrected chi connectivity index (χ0v) is 9.86. The van der Waals surface area contributed by atoms with Gasteiger partial charge < -0.3 is 15.8 Å². The highest BCUT2D eigenvalue weighted by Gasteiger charge is 2.16. The maximum absolute atomic E-state index is 11.7. The molecule has 1 rings (SSSR count). The average Bonchev–Trinajstić information content (AvgIpc) is 2.33. The molecule has 17 heavy (non-hydrogen) atoms. The first kappa shape index (κ1) is 13.2. The van der Waals surface area contributed by atoms with E-state index in [9.17, 15) is 4.79 Å². The predicted octanol–water partition coefficient (Wildman–Crippen LogP) is 0.779. The predicted molar refractivity (Wildman–Crippen MR) is 64.4 cm³/mol. The lowest BCUT2D eigenvalue weighted by atomic mass is 10.1. The van der Waals surface area contributed by atoms with Gasteiger partial charge >= 0.3 is 0 Å². The molecule has 0 heterocycles. The van der Waals surface area contributed by atoms with Crippen molar-refractivity contribution >= 4 is 11.6 Å². The largest absolute Gasteiger partial charge is 0.370 e. The third-order valence-electron chi connectivity index (χ3n) is 2.42. The third-order valence-corrected chi connectivity index (χ3v) is 2.42. The second kappa shape index (κ2) is 5.99. The van der Waals surface area contributed by atoms with Gasteiger partial charge in [-0.25, -0.2) is 0 Å². The molecular formula is C12H15N3O2. The van der Waals surface area contributed by atoms with Crippen molar-refractivity contribution < 1.29 is 9.53 Å². The van der Waals surface area contributed by atoms with E-state index in [2.05, 4.69) is 5.32 Å². The van der Waals surface area contributed by atoms with Crippen molar-refractivity contribution in [1.82, 2.24) is 0 Å². The number of hydrogen-bond donors (Lipinski definition) is 2. The second-order valence-corrected chi connectivity index (χ2v) is 3.59. The average molecular weight is 233 g/mol. The Bertz CT molecular complexity index is 448. The normalized spacial score (nSPS) is 11.6. The van der Waals surface area contributed by atoms with Gasteiger partial charge in [0.05, 0.1) is 11.6 Å². The number of carbonyl (C=O) groups excluding carboxylic acids is 1. The first-order valence-corrected chi connectivity index (χ1v) is 5.16. The zero-order chi connectivity index (χ0) is 12.8. The van der Waals surface area contributed by atoms with E-state index < -0.39 is 6.10 Å². The van der Waals surface area contributed by atoms with E-state index in [0.29, 0.717) is 11.3 Å². The number of benzene rings is 1. The number of nitrogens with zero attached hydrogens (tertiary/aromatic N) is 1. The minimum Gasteiger partial charge on any atom is -0.370 e. The van der Waals surface area contributed by atoms with Gasteiger partial charge in [-0.2, -0.15) is 5.26 Å². The SMILES string of the molecule is COC(CN)C(=O)Nc1cc(C#N)ccc1C. The van der Waals surface area contributed by atoms with Gasteiger partial charge in [0.25, 0.3) is 5.91 Å². The number of rotatable bonds is 4. The van der Waals surface area contributed by atoms with Crippen LogP contribution >= 0.6 is 0 Å². The van der Waals surface area contributed by atoms with Crippen LogP contribution in [0.2, 0.25) is 0 Å². The van der Waals surface area contributed by atoms with Crippen LogP contribution in [0.4, 0.5) is 5.69 Å². The summed E-state index contributed by atoms with van der Waals surface area (Å²) in [7, 11) is 1.43. The molecule has 0 bridgehead atoms. The van der Waals surface area contributed by atoms with Gasteiger partial charge in [-0.1, -0.05) is 6.07 Å². The fourth-order valence-electron chi connectivity index (χ4n) is 1.35. The summed E-state index contributed by atoms with van der Waals surface area (Å²) in [6, 6.07) is 7.11. The Hall–Kier alpha value is -1.90. The Kier molecular flexibility index (Phi) is 4.64. The first-order chi connectivity index (χ1) is 8.12. The molecule has 0 saturated carbocycles. The molecule has 1 unspecified atom stereocenters. The molecule has 0 aliphatic carbocycles. The van der Waals surface area contributed by atoms with Gasteiger partial charge in [0, 0.05) is 19.3 Å². The van der Waals surface area contributed by atoms with E-state index in [-0.39, 0.29) is 12.5 Å². The summed E-state index contributed by atoms with van der Waals surface area (Å²) in [5, 5.41) is 11.5. The number of hydrogen-bond acceptors (Lipinski definition) is 4. The molecule has 5 nitrogen and oxygen atoms in total. The molecule has 0 spiro atoms. The van der Waals surface area contributed by atoms with Crippen molar-refractivity contribution in [2.24, 2.45) is 5.73 Å². The summed E-state index contributed by atoms with van der Waals surface area (Å²) < 4.78 is 4.93. The van der Waals surface area contributed by atoms with Crippen LogP contribution in [0.1, 0.15) is 11.1 Å². The van der Waals surface area contributed by atoms with E-state index in [1.807, 2.05) is 13.0 Å². The van der Waals surface area contributed by atoms with E-state index in [1.54, 1.807) is 18.2 Å². The Labute approximate surface area is 100 Å². The van der Waals surface area contributed by atoms with Crippen molar-refractivity contribution in [3.05, 3.63) is 29.3 Å². The van der Waals surface area contributed by atoms with Crippen LogP contribution in [0.25, 0.3) is 0 Å². The second-order valence-electron chi connectivity index (χ2n) is 3.59. The highest BCUT2D eigenvalue weighted by molar-refractivity contribution is 5.95. The minimum absolute atomic E-state index is 0.110. The minimum atomic E-state index is -0.680. The van der Waals surface area contributed by atoms with Crippen LogP contribution in [0.15, 0.2) is 18.2 Å². The quantitative estimate of drug-likeness (QED) is 0.804. The van der Waals surface area contributed by atoms with E-state index in [4.69, 9.17) is 15.7 Å². The lowest BCUT2D eigenvalue weighted by Gasteiger charge is -2.14. The van der Waals surface area contributed by atoms with E-state index in [1.165, 1.54) is 7.11 Å². The number of carbonyl (C=O) groups is 1. The molecule has 0 fully saturated rings. The summed E-state index contributed by atoms with van der Waals surface area (Å²) in [5.41, 5.74) is 7.37. The van der Waals surface area contributed by atoms with Crippen LogP contribution in [-0.2, 0) is 9.53 Å². The number of nitrogens with one attached hydrogen (secondary N) is 1. The van der Waals surface area contributed by atoms with Crippen LogP contribution in [-0.4, -0.2) is 25.7 Å². The lowest BCUT2D eigenvalue weighted by molar-refractivity contribution is -0.125. The maximum atomic E-state index is 11.7. The van der Waals surface area contributed by atoms with E-state index >= 15 is 0 Å². The van der Waals surface area contributed by atoms with Crippen molar-refractivity contribution in [3.8, 4) is 6.07 Å². The zero-order valence-electron chi connectivity index (χ0n) is 9.86. The van der Waals surface area contributed by atoms with Gasteiger partial charge in [-0.05, 0) is 24.6 Å². The summed E-state index contributed by atoms with van der Waals surface area (Å²) in [6.07, 6.45) is -0.680. The van der Waals surface area contributed by atoms with Gasteiger partial charge in [0.15, 0.2) is 0 Å².